The fourth-order valence-corrected chi connectivity index (χ4v) is 4.30. The van der Waals surface area contributed by atoms with E-state index < -0.39 is 0 Å². The van der Waals surface area contributed by atoms with Crippen molar-refractivity contribution < 1.29 is 23.5 Å². The van der Waals surface area contributed by atoms with Gasteiger partial charge < -0.3 is 24.1 Å². The molecule has 8 nitrogen and oxygen atoms in total. The molecule has 1 aromatic carbocycles. The van der Waals surface area contributed by atoms with Gasteiger partial charge in [0.05, 0.1) is 18.8 Å². The smallest absolute Gasteiger partial charge is 0.273 e. The zero-order chi connectivity index (χ0) is 24.1. The lowest BCUT2D eigenvalue weighted by Crippen LogP contribution is -2.37. The zero-order valence-electron chi connectivity index (χ0n) is 20.3. The lowest BCUT2D eigenvalue weighted by atomic mass is 9.86. The Hall–Kier alpha value is -2.71. The number of ether oxygens (including phenoxy) is 2. The van der Waals surface area contributed by atoms with Gasteiger partial charge in [-0.25, -0.2) is 4.98 Å². The summed E-state index contributed by atoms with van der Waals surface area (Å²) in [5.41, 5.74) is 1.98. The first-order chi connectivity index (χ1) is 16.3. The van der Waals surface area contributed by atoms with Crippen molar-refractivity contribution in [2.45, 2.75) is 70.6 Å². The second kappa shape index (κ2) is 10.7. The maximum atomic E-state index is 13.4. The second-order valence-corrected chi connectivity index (χ2v) is 10.1. The van der Waals surface area contributed by atoms with Gasteiger partial charge >= 0.3 is 0 Å². The molecule has 2 amide bonds. The van der Waals surface area contributed by atoms with Crippen molar-refractivity contribution in [3.63, 3.8) is 0 Å². The molecule has 2 saturated heterocycles. The summed E-state index contributed by atoms with van der Waals surface area (Å²) in [6.45, 7) is 8.94. The van der Waals surface area contributed by atoms with Crippen LogP contribution < -0.4 is 5.32 Å². The van der Waals surface area contributed by atoms with E-state index in [0.29, 0.717) is 31.2 Å². The van der Waals surface area contributed by atoms with Crippen LogP contribution in [0.5, 0.6) is 0 Å². The molecule has 4 rings (SSSR count). The first-order valence-corrected chi connectivity index (χ1v) is 12.2. The number of oxazole rings is 1. The molecule has 3 heterocycles. The van der Waals surface area contributed by atoms with Gasteiger partial charge in [0.25, 0.3) is 11.8 Å². The normalized spacial score (nSPS) is 20.4. The van der Waals surface area contributed by atoms with E-state index in [1.54, 1.807) is 4.90 Å². The third-order valence-electron chi connectivity index (χ3n) is 6.36. The van der Waals surface area contributed by atoms with Crippen LogP contribution in [-0.2, 0) is 21.4 Å². The molecule has 1 aromatic heterocycles. The average molecular weight is 470 g/mol. The summed E-state index contributed by atoms with van der Waals surface area (Å²) in [5, 5.41) is 2.85. The standard InChI is InChI=1S/C26H35N3O5/c1-26(2,3)19-10-8-18(9-11-19)25(31)29(15-21-7-5-13-33-21)16-23-28-22(17-34-23)24(30)27-14-20-6-4-12-32-20/h8-11,17,20-21H,4-7,12-16H2,1-3H3,(H,27,30). The Morgan fingerprint density at radius 1 is 1.06 bits per heavy atom. The first kappa shape index (κ1) is 24.4. The SMILES string of the molecule is CC(C)(C)c1ccc(C(=O)N(Cc2nc(C(=O)NCC3CCCO3)co2)CC2CCCO2)cc1. The molecule has 2 unspecified atom stereocenters. The van der Waals surface area contributed by atoms with Crippen LogP contribution in [0.4, 0.5) is 0 Å². The van der Waals surface area contributed by atoms with Crippen molar-refractivity contribution in [1.29, 1.82) is 0 Å². The quantitative estimate of drug-likeness (QED) is 0.634. The highest BCUT2D eigenvalue weighted by Gasteiger charge is 2.26. The van der Waals surface area contributed by atoms with E-state index in [9.17, 15) is 9.59 Å². The minimum absolute atomic E-state index is 0.0118. The molecular weight excluding hydrogens is 434 g/mol. The van der Waals surface area contributed by atoms with Crippen LogP contribution in [0, 0.1) is 0 Å². The van der Waals surface area contributed by atoms with Crippen molar-refractivity contribution in [1.82, 2.24) is 15.2 Å². The Kier molecular flexibility index (Phi) is 7.68. The van der Waals surface area contributed by atoms with Crippen molar-refractivity contribution in [2.24, 2.45) is 0 Å². The van der Waals surface area contributed by atoms with E-state index in [1.165, 1.54) is 11.8 Å². The van der Waals surface area contributed by atoms with Crippen LogP contribution in [0.1, 0.15) is 78.8 Å². The summed E-state index contributed by atoms with van der Waals surface area (Å²) in [6, 6.07) is 7.73. The highest BCUT2D eigenvalue weighted by molar-refractivity contribution is 5.94. The van der Waals surface area contributed by atoms with Crippen LogP contribution in [0.25, 0.3) is 0 Å². The molecular formula is C26H35N3O5. The van der Waals surface area contributed by atoms with Crippen LogP contribution >= 0.6 is 0 Å². The predicted octanol–water partition coefficient (Wildman–Crippen LogP) is 3.70. The molecule has 0 bridgehead atoms. The van der Waals surface area contributed by atoms with Gasteiger partial charge in [-0.1, -0.05) is 32.9 Å². The van der Waals surface area contributed by atoms with E-state index in [-0.39, 0.29) is 41.7 Å². The molecule has 0 spiro atoms. The maximum Gasteiger partial charge on any atom is 0.273 e. The number of nitrogens with one attached hydrogen (secondary N) is 1. The van der Waals surface area contributed by atoms with Crippen molar-refractivity contribution in [3.8, 4) is 0 Å². The largest absolute Gasteiger partial charge is 0.446 e. The minimum atomic E-state index is -0.305. The van der Waals surface area contributed by atoms with E-state index in [4.69, 9.17) is 13.9 Å². The summed E-state index contributed by atoms with van der Waals surface area (Å²) in [7, 11) is 0. The molecule has 34 heavy (non-hydrogen) atoms. The molecule has 1 N–H and O–H groups in total. The third kappa shape index (κ3) is 6.24. The Labute approximate surface area is 201 Å². The summed E-state index contributed by atoms with van der Waals surface area (Å²) in [4.78, 5) is 31.9. The zero-order valence-corrected chi connectivity index (χ0v) is 20.3. The Balaban J connectivity index is 1.43. The molecule has 2 fully saturated rings. The molecule has 8 heteroatoms. The minimum Gasteiger partial charge on any atom is -0.446 e. The van der Waals surface area contributed by atoms with E-state index in [1.807, 2.05) is 24.3 Å². The van der Waals surface area contributed by atoms with Gasteiger partial charge in [0.2, 0.25) is 5.89 Å². The summed E-state index contributed by atoms with van der Waals surface area (Å²) in [5.74, 6) is -0.0984. The van der Waals surface area contributed by atoms with Crippen molar-refractivity contribution in [3.05, 3.63) is 53.2 Å². The topological polar surface area (TPSA) is 93.9 Å². The number of benzene rings is 1. The number of hydrogen-bond donors (Lipinski definition) is 1. The van der Waals surface area contributed by atoms with Crippen LogP contribution in [0.15, 0.2) is 34.9 Å². The van der Waals surface area contributed by atoms with Gasteiger partial charge in [0.1, 0.15) is 6.26 Å². The second-order valence-electron chi connectivity index (χ2n) is 10.1. The van der Waals surface area contributed by atoms with E-state index >= 15 is 0 Å². The van der Waals surface area contributed by atoms with Gasteiger partial charge in [-0.05, 0) is 48.8 Å². The van der Waals surface area contributed by atoms with Gasteiger partial charge in [0, 0.05) is 31.9 Å². The van der Waals surface area contributed by atoms with Crippen LogP contribution in [0.2, 0.25) is 0 Å². The fraction of sp³-hybridized carbons (Fsp3) is 0.577. The van der Waals surface area contributed by atoms with Gasteiger partial charge in [-0.15, -0.1) is 0 Å². The Bertz CT molecular complexity index is 967. The average Bonchev–Trinajstić information content (AvgIpc) is 3.59. The molecule has 0 saturated carbocycles. The van der Waals surface area contributed by atoms with Crippen molar-refractivity contribution >= 4 is 11.8 Å². The maximum absolute atomic E-state index is 13.4. The summed E-state index contributed by atoms with van der Waals surface area (Å²) in [6.07, 6.45) is 5.24. The van der Waals surface area contributed by atoms with E-state index in [0.717, 1.165) is 32.3 Å². The molecule has 0 radical (unpaired) electrons. The molecule has 2 atom stereocenters. The highest BCUT2D eigenvalue weighted by atomic mass is 16.5. The summed E-state index contributed by atoms with van der Waals surface area (Å²) >= 11 is 0. The van der Waals surface area contributed by atoms with Gasteiger partial charge in [0.15, 0.2) is 5.69 Å². The van der Waals surface area contributed by atoms with Gasteiger partial charge in [-0.2, -0.15) is 0 Å². The highest BCUT2D eigenvalue weighted by Crippen LogP contribution is 2.23. The molecule has 2 aliphatic heterocycles. The monoisotopic (exact) mass is 469 g/mol. The first-order valence-electron chi connectivity index (χ1n) is 12.2. The molecule has 2 aliphatic rings. The number of amides is 2. The molecule has 184 valence electrons. The van der Waals surface area contributed by atoms with Crippen molar-refractivity contribution in [2.75, 3.05) is 26.3 Å². The summed E-state index contributed by atoms with van der Waals surface area (Å²) < 4.78 is 16.9. The molecule has 0 aliphatic carbocycles. The lowest BCUT2D eigenvalue weighted by Gasteiger charge is -2.25. The lowest BCUT2D eigenvalue weighted by molar-refractivity contribution is 0.0487. The Morgan fingerprint density at radius 3 is 2.35 bits per heavy atom. The van der Waals surface area contributed by atoms with E-state index in [2.05, 4.69) is 31.1 Å². The fourth-order valence-electron chi connectivity index (χ4n) is 4.30. The van der Waals surface area contributed by atoms with Crippen LogP contribution in [0.3, 0.4) is 0 Å². The molecule has 2 aromatic rings. The number of rotatable bonds is 8. The number of nitrogens with zero attached hydrogens (tertiary/aromatic N) is 2. The number of carbonyl (C=O) groups is 2. The van der Waals surface area contributed by atoms with Crippen LogP contribution in [-0.4, -0.2) is 60.2 Å². The third-order valence-corrected chi connectivity index (χ3v) is 6.36. The van der Waals surface area contributed by atoms with Gasteiger partial charge in [-0.3, -0.25) is 9.59 Å². The number of aromatic nitrogens is 1. The Morgan fingerprint density at radius 2 is 1.74 bits per heavy atom. The number of carbonyl (C=O) groups excluding carboxylic acids is 2. The number of hydrogen-bond acceptors (Lipinski definition) is 6. The predicted molar refractivity (Wildman–Crippen MR) is 127 cm³/mol.